The van der Waals surface area contributed by atoms with E-state index in [2.05, 4.69) is 15.9 Å². The summed E-state index contributed by atoms with van der Waals surface area (Å²) in [4.78, 5) is 40.8. The number of likely N-dealkylation sites (N-methyl/N-ethyl adjacent to an activating group) is 1. The maximum Gasteiger partial charge on any atom is 0.314 e. The molecule has 156 valence electrons. The molecular weight excluding hydrogens is 480 g/mol. The van der Waals surface area contributed by atoms with Gasteiger partial charge in [0.1, 0.15) is 5.75 Å². The van der Waals surface area contributed by atoms with Crippen molar-refractivity contribution in [1.82, 2.24) is 9.80 Å². The third-order valence-corrected chi connectivity index (χ3v) is 11.4. The molecular formula is C19H21BrN2O5S2. The van der Waals surface area contributed by atoms with Crippen LogP contribution in [0.2, 0.25) is 0 Å². The minimum Gasteiger partial charge on any atom is -0.497 e. The van der Waals surface area contributed by atoms with Crippen molar-refractivity contribution < 1.29 is 23.9 Å². The van der Waals surface area contributed by atoms with Crippen molar-refractivity contribution in [3.8, 4) is 5.75 Å². The zero-order valence-electron chi connectivity index (χ0n) is 16.6. The molecule has 2 bridgehead atoms. The largest absolute Gasteiger partial charge is 0.497 e. The van der Waals surface area contributed by atoms with Crippen LogP contribution in [0.1, 0.15) is 31.9 Å². The Kier molecular flexibility index (Phi) is 4.46. The van der Waals surface area contributed by atoms with Crippen LogP contribution in [0.5, 0.6) is 5.75 Å². The van der Waals surface area contributed by atoms with Crippen LogP contribution in [0.4, 0.5) is 0 Å². The molecule has 5 atom stereocenters. The lowest BCUT2D eigenvalue weighted by Crippen LogP contribution is -2.61. The van der Waals surface area contributed by atoms with Crippen LogP contribution in [0, 0.1) is 5.41 Å². The Hall–Kier alpha value is -1.52. The Morgan fingerprint density at radius 2 is 1.93 bits per heavy atom. The zero-order chi connectivity index (χ0) is 21.5. The van der Waals surface area contributed by atoms with Crippen molar-refractivity contribution in [3.63, 3.8) is 0 Å². The SMILES string of the molecule is COC(=O)[C@@]1(C)CC23C(=O)N(C)C(C)(C(=O)N2C1c1cc(OC)ccc1Br)S3=S. The quantitative estimate of drug-likeness (QED) is 0.589. The molecule has 10 heteroatoms. The second-order valence-corrected chi connectivity index (χ2v) is 11.8. The minimum absolute atomic E-state index is 0.123. The number of hydrogen-bond donors (Lipinski definition) is 0. The highest BCUT2D eigenvalue weighted by atomic mass is 79.9. The van der Waals surface area contributed by atoms with E-state index in [4.69, 9.17) is 20.7 Å². The first kappa shape index (κ1) is 20.7. The maximum atomic E-state index is 13.7. The molecule has 3 aliphatic heterocycles. The first-order chi connectivity index (χ1) is 13.5. The molecule has 3 heterocycles. The number of esters is 1. The Labute approximate surface area is 184 Å². The molecule has 3 saturated heterocycles. The maximum absolute atomic E-state index is 13.7. The number of amides is 2. The van der Waals surface area contributed by atoms with E-state index >= 15 is 0 Å². The lowest BCUT2D eigenvalue weighted by atomic mass is 9.78. The van der Waals surface area contributed by atoms with Gasteiger partial charge in [-0.3, -0.25) is 14.4 Å². The minimum atomic E-state index is -1.23. The van der Waals surface area contributed by atoms with E-state index < -0.39 is 36.6 Å². The van der Waals surface area contributed by atoms with Gasteiger partial charge in [0.15, 0.2) is 9.74 Å². The van der Waals surface area contributed by atoms with E-state index in [1.54, 1.807) is 51.1 Å². The van der Waals surface area contributed by atoms with Gasteiger partial charge in [0.2, 0.25) is 0 Å². The number of hydrogen-bond acceptors (Lipinski definition) is 6. The van der Waals surface area contributed by atoms with Crippen molar-refractivity contribution in [3.05, 3.63) is 28.2 Å². The summed E-state index contributed by atoms with van der Waals surface area (Å²) in [6.07, 6.45) is 0.123. The van der Waals surface area contributed by atoms with E-state index in [0.717, 1.165) is 0 Å². The average Bonchev–Trinajstić information content (AvgIpc) is 3.14. The van der Waals surface area contributed by atoms with Gasteiger partial charge in [-0.1, -0.05) is 25.4 Å². The van der Waals surface area contributed by atoms with Crippen LogP contribution in [0.3, 0.4) is 0 Å². The number of nitrogens with zero attached hydrogens (tertiary/aromatic N) is 2. The van der Waals surface area contributed by atoms with Gasteiger partial charge >= 0.3 is 5.97 Å². The number of rotatable bonds is 3. The molecule has 1 aromatic carbocycles. The first-order valence-electron chi connectivity index (χ1n) is 8.97. The number of piperazine rings is 1. The van der Waals surface area contributed by atoms with Crippen LogP contribution in [0.25, 0.3) is 0 Å². The predicted molar refractivity (Wildman–Crippen MR) is 114 cm³/mol. The van der Waals surface area contributed by atoms with Crippen LogP contribution < -0.4 is 4.74 Å². The van der Waals surface area contributed by atoms with Gasteiger partial charge < -0.3 is 19.3 Å². The molecule has 1 aromatic rings. The van der Waals surface area contributed by atoms with Crippen LogP contribution in [0.15, 0.2) is 22.7 Å². The third kappa shape index (κ3) is 2.17. The van der Waals surface area contributed by atoms with Crippen molar-refractivity contribution in [2.75, 3.05) is 21.3 Å². The molecule has 7 nitrogen and oxygen atoms in total. The monoisotopic (exact) mass is 500 g/mol. The number of carbonyl (C=O) groups is 3. The first-order valence-corrected chi connectivity index (χ1v) is 11.9. The fraction of sp³-hybridized carbons (Fsp3) is 0.526. The molecule has 0 N–H and O–H groups in total. The van der Waals surface area contributed by atoms with E-state index in [1.807, 2.05) is 0 Å². The topological polar surface area (TPSA) is 76.2 Å². The molecule has 1 spiro atoms. The summed E-state index contributed by atoms with van der Waals surface area (Å²) in [6, 6.07) is 4.65. The van der Waals surface area contributed by atoms with Gasteiger partial charge in [-0.05, 0) is 48.8 Å². The van der Waals surface area contributed by atoms with Gasteiger partial charge in [0.25, 0.3) is 11.8 Å². The second kappa shape index (κ2) is 6.24. The third-order valence-electron chi connectivity index (χ3n) is 6.57. The Balaban J connectivity index is 2.02. The summed E-state index contributed by atoms with van der Waals surface area (Å²) in [6.45, 7) is 3.47. The van der Waals surface area contributed by atoms with Crippen molar-refractivity contribution in [2.24, 2.45) is 5.41 Å². The van der Waals surface area contributed by atoms with Crippen LogP contribution in [-0.2, 0) is 39.8 Å². The summed E-state index contributed by atoms with van der Waals surface area (Å²) >= 11 is 9.36. The molecule has 3 aliphatic rings. The summed E-state index contributed by atoms with van der Waals surface area (Å²) in [7, 11) is 3.45. The van der Waals surface area contributed by atoms with Gasteiger partial charge in [0.05, 0.1) is 25.7 Å². The summed E-state index contributed by atoms with van der Waals surface area (Å²) in [5.74, 6) is -0.343. The normalized spacial score (nSPS) is 37.9. The molecule has 4 rings (SSSR count). The number of fused-ring (bicyclic) bond motifs is 1. The van der Waals surface area contributed by atoms with Gasteiger partial charge in [0, 0.05) is 17.9 Å². The lowest BCUT2D eigenvalue weighted by molar-refractivity contribution is -0.160. The van der Waals surface area contributed by atoms with Gasteiger partial charge in [-0.2, -0.15) is 0 Å². The fourth-order valence-electron chi connectivity index (χ4n) is 4.98. The van der Waals surface area contributed by atoms with Gasteiger partial charge in [-0.25, -0.2) is 0 Å². The van der Waals surface area contributed by atoms with Crippen molar-refractivity contribution in [1.29, 1.82) is 0 Å². The second-order valence-electron chi connectivity index (χ2n) is 7.95. The Bertz CT molecular complexity index is 1000. The van der Waals surface area contributed by atoms with E-state index in [9.17, 15) is 14.4 Å². The molecule has 3 fully saturated rings. The number of carbonyl (C=O) groups excluding carboxylic acids is 3. The van der Waals surface area contributed by atoms with E-state index in [0.29, 0.717) is 15.8 Å². The van der Waals surface area contributed by atoms with E-state index in [1.165, 1.54) is 12.0 Å². The molecule has 0 saturated carbocycles. The standard InChI is InChI=1S/C19H21BrN2O5S2/c1-17(16(25)27-5)9-19-15(24)21(3)18(2,29(19)28)14(23)22(19)13(17)11-8-10(26-4)6-7-12(11)20/h6-8,13H,9H2,1-5H3/t13?,17-,18?,19?,29?/m0/s1. The molecule has 0 aliphatic carbocycles. The highest BCUT2D eigenvalue weighted by Crippen LogP contribution is 2.66. The number of methoxy groups -OCH3 is 2. The molecule has 0 aromatic heterocycles. The molecule has 4 unspecified atom stereocenters. The predicted octanol–water partition coefficient (Wildman–Crippen LogP) is 1.89. The Morgan fingerprint density at radius 3 is 2.52 bits per heavy atom. The zero-order valence-corrected chi connectivity index (χ0v) is 19.9. The van der Waals surface area contributed by atoms with Crippen molar-refractivity contribution in [2.45, 2.75) is 36.1 Å². The molecule has 2 amide bonds. The lowest BCUT2D eigenvalue weighted by Gasteiger charge is -2.40. The smallest absolute Gasteiger partial charge is 0.314 e. The van der Waals surface area contributed by atoms with Crippen LogP contribution >= 0.6 is 15.9 Å². The van der Waals surface area contributed by atoms with Crippen LogP contribution in [-0.4, -0.2) is 58.6 Å². The summed E-state index contributed by atoms with van der Waals surface area (Å²) in [5, 5.41) is 0. The average molecular weight is 501 g/mol. The summed E-state index contributed by atoms with van der Waals surface area (Å²) < 4.78 is 11.2. The van der Waals surface area contributed by atoms with E-state index in [-0.39, 0.29) is 18.2 Å². The molecule has 0 radical (unpaired) electrons. The fourth-order valence-corrected chi connectivity index (χ4v) is 8.96. The number of ether oxygens (including phenoxy) is 2. The summed E-state index contributed by atoms with van der Waals surface area (Å²) in [5.41, 5.74) is -0.466. The molecule has 29 heavy (non-hydrogen) atoms. The Morgan fingerprint density at radius 1 is 1.28 bits per heavy atom. The van der Waals surface area contributed by atoms with Crippen molar-refractivity contribution >= 4 is 54.4 Å². The highest BCUT2D eigenvalue weighted by Gasteiger charge is 2.81. The number of halogens is 1. The number of benzene rings is 1. The highest BCUT2D eigenvalue weighted by molar-refractivity contribution is 9.10. The van der Waals surface area contributed by atoms with Gasteiger partial charge in [-0.15, -0.1) is 0 Å².